The van der Waals surface area contributed by atoms with E-state index in [-0.39, 0.29) is 5.96 Å². The van der Waals surface area contributed by atoms with E-state index < -0.39 is 0 Å². The van der Waals surface area contributed by atoms with E-state index in [1.807, 2.05) is 48.5 Å². The minimum Gasteiger partial charge on any atom is -0.454 e. The van der Waals surface area contributed by atoms with Crippen molar-refractivity contribution in [1.82, 2.24) is 0 Å². The lowest BCUT2D eigenvalue weighted by atomic mass is 10.2. The van der Waals surface area contributed by atoms with Gasteiger partial charge in [0.25, 0.3) is 0 Å². The molecule has 0 saturated heterocycles. The van der Waals surface area contributed by atoms with Crippen molar-refractivity contribution in [3.05, 3.63) is 69.0 Å². The lowest BCUT2D eigenvalue weighted by Gasteiger charge is -1.97. The molecule has 4 N–H and O–H groups in total. The molecule has 4 rings (SSSR count). The van der Waals surface area contributed by atoms with Crippen LogP contribution in [0.5, 0.6) is 0 Å². The number of fused-ring (bicyclic) bond motifs is 2. The van der Waals surface area contributed by atoms with E-state index in [2.05, 4.69) is 42.1 Å². The number of benzene rings is 2. The van der Waals surface area contributed by atoms with Crippen LogP contribution in [0.2, 0.25) is 0 Å². The number of halogens is 2. The van der Waals surface area contributed by atoms with Crippen LogP contribution in [0.25, 0.3) is 21.9 Å². The predicted molar refractivity (Wildman–Crippen MR) is 109 cm³/mol. The van der Waals surface area contributed by atoms with Crippen LogP contribution in [0.1, 0.15) is 11.5 Å². The van der Waals surface area contributed by atoms with Gasteiger partial charge in [0.1, 0.15) is 11.2 Å². The Bertz CT molecular complexity index is 1100. The number of rotatable bonds is 3. The van der Waals surface area contributed by atoms with Gasteiger partial charge in [0.2, 0.25) is 5.96 Å². The Labute approximate surface area is 164 Å². The molecule has 0 aliphatic carbocycles. The quantitative estimate of drug-likeness (QED) is 0.254. The Morgan fingerprint density at radius 1 is 0.731 bits per heavy atom. The maximum Gasteiger partial charge on any atom is 0.211 e. The SMILES string of the molecule is NC(N)=NN=C(c1cc2cc(Br)ccc2o1)c1cc2cc(Br)ccc2o1. The zero-order valence-corrected chi connectivity index (χ0v) is 16.4. The van der Waals surface area contributed by atoms with Gasteiger partial charge in [0, 0.05) is 19.7 Å². The van der Waals surface area contributed by atoms with E-state index in [0.717, 1.165) is 30.9 Å². The summed E-state index contributed by atoms with van der Waals surface area (Å²) in [5.74, 6) is 0.850. The minimum atomic E-state index is -0.153. The van der Waals surface area contributed by atoms with Crippen LogP contribution < -0.4 is 11.5 Å². The molecular formula is C18H12Br2N4O2. The Morgan fingerprint density at radius 2 is 1.23 bits per heavy atom. The van der Waals surface area contributed by atoms with E-state index in [1.54, 1.807) is 0 Å². The largest absolute Gasteiger partial charge is 0.454 e. The lowest BCUT2D eigenvalue weighted by Crippen LogP contribution is -2.22. The van der Waals surface area contributed by atoms with Crippen LogP contribution in [0.3, 0.4) is 0 Å². The summed E-state index contributed by atoms with van der Waals surface area (Å²) in [6, 6.07) is 15.2. The molecule has 0 unspecified atom stereocenters. The average Bonchev–Trinajstić information content (AvgIpc) is 3.17. The van der Waals surface area contributed by atoms with E-state index >= 15 is 0 Å². The first-order valence-electron chi connectivity index (χ1n) is 7.55. The molecule has 0 amide bonds. The van der Waals surface area contributed by atoms with Crippen molar-refractivity contribution in [2.45, 2.75) is 0 Å². The average molecular weight is 476 g/mol. The predicted octanol–water partition coefficient (Wildman–Crippen LogP) is 4.73. The summed E-state index contributed by atoms with van der Waals surface area (Å²) in [5, 5.41) is 9.76. The van der Waals surface area contributed by atoms with Gasteiger partial charge in [0.15, 0.2) is 17.2 Å². The van der Waals surface area contributed by atoms with Gasteiger partial charge in [0.05, 0.1) is 0 Å². The summed E-state index contributed by atoms with van der Waals surface area (Å²) in [7, 11) is 0. The number of furan rings is 2. The van der Waals surface area contributed by atoms with Crippen molar-refractivity contribution in [3.8, 4) is 0 Å². The third-order valence-electron chi connectivity index (χ3n) is 3.69. The van der Waals surface area contributed by atoms with E-state index in [9.17, 15) is 0 Å². The third-order valence-corrected chi connectivity index (χ3v) is 4.68. The maximum atomic E-state index is 5.92. The molecule has 0 bridgehead atoms. The second-order valence-corrected chi connectivity index (χ2v) is 7.39. The number of hydrogen-bond acceptors (Lipinski definition) is 4. The normalized spacial score (nSPS) is 11.0. The highest BCUT2D eigenvalue weighted by molar-refractivity contribution is 9.10. The van der Waals surface area contributed by atoms with E-state index in [0.29, 0.717) is 17.2 Å². The van der Waals surface area contributed by atoms with Gasteiger partial charge in [-0.1, -0.05) is 31.9 Å². The van der Waals surface area contributed by atoms with Crippen molar-refractivity contribution in [2.24, 2.45) is 21.7 Å². The Balaban J connectivity index is 1.90. The molecule has 26 heavy (non-hydrogen) atoms. The molecule has 0 radical (unpaired) electrons. The highest BCUT2D eigenvalue weighted by atomic mass is 79.9. The first-order chi connectivity index (χ1) is 12.5. The molecule has 2 aromatic carbocycles. The molecule has 0 aliphatic heterocycles. The maximum absolute atomic E-state index is 5.92. The van der Waals surface area contributed by atoms with Gasteiger partial charge in [-0.2, -0.15) is 0 Å². The Morgan fingerprint density at radius 3 is 1.69 bits per heavy atom. The Kier molecular flexibility index (Phi) is 4.29. The topological polar surface area (TPSA) is 103 Å². The molecule has 4 aromatic rings. The van der Waals surface area contributed by atoms with Crippen LogP contribution in [-0.4, -0.2) is 11.7 Å². The van der Waals surface area contributed by atoms with Crippen LogP contribution in [0, 0.1) is 0 Å². The van der Waals surface area contributed by atoms with E-state index in [1.165, 1.54) is 0 Å². The monoisotopic (exact) mass is 474 g/mol. The number of nitrogens with zero attached hydrogens (tertiary/aromatic N) is 2. The molecule has 0 spiro atoms. The molecule has 6 nitrogen and oxygen atoms in total. The highest BCUT2D eigenvalue weighted by Gasteiger charge is 2.18. The standard InChI is InChI=1S/C18H12Br2N4O2/c19-11-1-3-13-9(5-11)7-15(25-13)17(23-24-18(21)22)16-8-10-6-12(20)2-4-14(10)26-16/h1-8H,(H4,21,22,24). The van der Waals surface area contributed by atoms with E-state index in [4.69, 9.17) is 20.3 Å². The van der Waals surface area contributed by atoms with Gasteiger partial charge in [-0.15, -0.1) is 10.2 Å². The molecule has 2 aromatic heterocycles. The second-order valence-electron chi connectivity index (χ2n) is 5.56. The fraction of sp³-hybridized carbons (Fsp3) is 0. The zero-order chi connectivity index (χ0) is 18.3. The van der Waals surface area contributed by atoms with Gasteiger partial charge < -0.3 is 20.3 Å². The van der Waals surface area contributed by atoms with Crippen LogP contribution in [0.15, 0.2) is 76.5 Å². The molecule has 130 valence electrons. The third kappa shape index (κ3) is 3.25. The molecule has 8 heteroatoms. The fourth-order valence-electron chi connectivity index (χ4n) is 2.59. The fourth-order valence-corrected chi connectivity index (χ4v) is 3.35. The summed E-state index contributed by atoms with van der Waals surface area (Å²) < 4.78 is 13.7. The molecule has 0 atom stereocenters. The van der Waals surface area contributed by atoms with Crippen LogP contribution in [0.4, 0.5) is 0 Å². The molecule has 0 saturated carbocycles. The molecular weight excluding hydrogens is 464 g/mol. The van der Waals surface area contributed by atoms with Crippen molar-refractivity contribution in [2.75, 3.05) is 0 Å². The van der Waals surface area contributed by atoms with Crippen LogP contribution >= 0.6 is 31.9 Å². The van der Waals surface area contributed by atoms with Gasteiger partial charge >= 0.3 is 0 Å². The van der Waals surface area contributed by atoms with Crippen LogP contribution in [-0.2, 0) is 0 Å². The first kappa shape index (κ1) is 16.9. The number of nitrogens with two attached hydrogens (primary N) is 2. The highest BCUT2D eigenvalue weighted by Crippen LogP contribution is 2.28. The summed E-state index contributed by atoms with van der Waals surface area (Å²) in [6.07, 6.45) is 0. The number of guanidine groups is 1. The summed E-state index contributed by atoms with van der Waals surface area (Å²) >= 11 is 6.91. The Hall–Kier alpha value is -2.58. The van der Waals surface area contributed by atoms with Gasteiger partial charge in [-0.05, 0) is 48.5 Å². The lowest BCUT2D eigenvalue weighted by molar-refractivity contribution is 0.582. The second kappa shape index (κ2) is 6.62. The summed E-state index contributed by atoms with van der Waals surface area (Å²) in [6.45, 7) is 0. The van der Waals surface area contributed by atoms with Gasteiger partial charge in [-0.3, -0.25) is 0 Å². The molecule has 0 fully saturated rings. The summed E-state index contributed by atoms with van der Waals surface area (Å²) in [4.78, 5) is 0. The smallest absolute Gasteiger partial charge is 0.211 e. The zero-order valence-electron chi connectivity index (χ0n) is 13.2. The molecule has 0 aliphatic rings. The van der Waals surface area contributed by atoms with Crippen molar-refractivity contribution in [1.29, 1.82) is 0 Å². The van der Waals surface area contributed by atoms with Crippen molar-refractivity contribution >= 4 is 65.5 Å². The minimum absolute atomic E-state index is 0.153. The van der Waals surface area contributed by atoms with Gasteiger partial charge in [-0.25, -0.2) is 0 Å². The summed E-state index contributed by atoms with van der Waals surface area (Å²) in [5.41, 5.74) is 12.7. The first-order valence-corrected chi connectivity index (χ1v) is 9.14. The molecule has 2 heterocycles. The number of hydrogen-bond donors (Lipinski definition) is 2. The van der Waals surface area contributed by atoms with Crippen molar-refractivity contribution in [3.63, 3.8) is 0 Å². The van der Waals surface area contributed by atoms with Crippen molar-refractivity contribution < 1.29 is 8.83 Å².